The summed E-state index contributed by atoms with van der Waals surface area (Å²) in [7, 11) is 0. The van der Waals surface area contributed by atoms with E-state index in [9.17, 15) is 9.59 Å². The van der Waals surface area contributed by atoms with Crippen LogP contribution in [0.3, 0.4) is 0 Å². The number of ketones is 1. The number of benzene rings is 1. The molecule has 0 aliphatic carbocycles. The summed E-state index contributed by atoms with van der Waals surface area (Å²) in [6, 6.07) is 7.11. The molecule has 0 atom stereocenters. The first-order valence-corrected chi connectivity index (χ1v) is 4.64. The lowest BCUT2D eigenvalue weighted by atomic mass is 9.96. The third kappa shape index (κ3) is 2.65. The van der Waals surface area contributed by atoms with E-state index in [1.54, 1.807) is 26.0 Å². The topological polar surface area (TPSA) is 43.4 Å². The van der Waals surface area contributed by atoms with Crippen LogP contribution in [0.4, 0.5) is 0 Å². The fourth-order valence-corrected chi connectivity index (χ4v) is 1.20. The van der Waals surface area contributed by atoms with Crippen LogP contribution in [0.1, 0.15) is 29.8 Å². The fraction of sp³-hybridized carbons (Fsp3) is 0.333. The zero-order valence-electron chi connectivity index (χ0n) is 9.03. The Morgan fingerprint density at radius 2 is 1.80 bits per heavy atom. The summed E-state index contributed by atoms with van der Waals surface area (Å²) in [6.07, 6.45) is 0. The predicted molar refractivity (Wildman–Crippen MR) is 56.4 cm³/mol. The van der Waals surface area contributed by atoms with E-state index in [-0.39, 0.29) is 5.78 Å². The summed E-state index contributed by atoms with van der Waals surface area (Å²) >= 11 is 0. The van der Waals surface area contributed by atoms with Crippen LogP contribution in [0.15, 0.2) is 24.3 Å². The molecule has 0 aliphatic heterocycles. The van der Waals surface area contributed by atoms with Crippen LogP contribution < -0.4 is 0 Å². The van der Waals surface area contributed by atoms with Crippen LogP contribution in [0.25, 0.3) is 0 Å². The highest BCUT2D eigenvalue weighted by atomic mass is 16.5. The van der Waals surface area contributed by atoms with Crippen molar-refractivity contribution in [2.75, 3.05) is 0 Å². The van der Waals surface area contributed by atoms with Gasteiger partial charge in [-0.05, 0) is 20.8 Å². The van der Waals surface area contributed by atoms with Gasteiger partial charge in [0.05, 0.1) is 0 Å². The molecule has 0 bridgehead atoms. The zero-order valence-corrected chi connectivity index (χ0v) is 9.03. The van der Waals surface area contributed by atoms with Crippen LogP contribution >= 0.6 is 0 Å². The van der Waals surface area contributed by atoms with Crippen molar-refractivity contribution in [3.05, 3.63) is 35.4 Å². The number of hydrogen-bond donors (Lipinski definition) is 0. The largest absolute Gasteiger partial charge is 0.443 e. The molecule has 1 aromatic carbocycles. The molecule has 0 unspecified atom stereocenters. The van der Waals surface area contributed by atoms with Gasteiger partial charge in [0.2, 0.25) is 5.78 Å². The lowest BCUT2D eigenvalue weighted by molar-refractivity contribution is 0.0525. The van der Waals surface area contributed by atoms with Gasteiger partial charge in [0.25, 0.3) is 0 Å². The van der Waals surface area contributed by atoms with Gasteiger partial charge in [0.15, 0.2) is 5.60 Å². The highest BCUT2D eigenvalue weighted by Gasteiger charge is 2.30. The number of ether oxygens (including phenoxy) is 1. The van der Waals surface area contributed by atoms with Crippen molar-refractivity contribution >= 4 is 12.3 Å². The Kier molecular flexibility index (Phi) is 3.24. The minimum Gasteiger partial charge on any atom is -0.443 e. The Morgan fingerprint density at radius 1 is 1.27 bits per heavy atom. The van der Waals surface area contributed by atoms with Gasteiger partial charge in [-0.1, -0.05) is 29.8 Å². The summed E-state index contributed by atoms with van der Waals surface area (Å²) in [6.45, 7) is 6.32. The van der Waals surface area contributed by atoms with Gasteiger partial charge in [-0.3, -0.25) is 4.79 Å². The van der Waals surface area contributed by atoms with E-state index in [4.69, 9.17) is 0 Å². The van der Waals surface area contributed by atoms with Crippen LogP contribution in [0, 0.1) is 6.92 Å². The summed E-state index contributed by atoms with van der Waals surface area (Å²) in [5, 5.41) is 0. The molecule has 3 heteroatoms. The molecule has 3 nitrogen and oxygen atoms in total. The van der Waals surface area contributed by atoms with Crippen LogP contribution in [0.5, 0.6) is 0 Å². The van der Waals surface area contributed by atoms with E-state index in [1.165, 1.54) is 6.47 Å². The Balaban J connectivity index is 2.94. The van der Waals surface area contributed by atoms with Crippen molar-refractivity contribution in [3.8, 4) is 0 Å². The van der Waals surface area contributed by atoms with Gasteiger partial charge in [0, 0.05) is 5.56 Å². The van der Waals surface area contributed by atoms with Gasteiger partial charge < -0.3 is 4.74 Å². The van der Waals surface area contributed by atoms with Gasteiger partial charge >= 0.3 is 6.47 Å². The maximum absolute atomic E-state index is 11.9. The molecule has 1 rings (SSSR count). The standard InChI is InChI=1S/C12H13O3/c1-9-4-6-10(7-5-9)11(14)12(2,3)15-8-13/h4-7H,1-3H3. The van der Waals surface area contributed by atoms with E-state index in [1.807, 2.05) is 19.1 Å². The smallest absolute Gasteiger partial charge is 0.418 e. The highest BCUT2D eigenvalue weighted by molar-refractivity contribution is 6.02. The molecule has 1 radical (unpaired) electrons. The van der Waals surface area contributed by atoms with Gasteiger partial charge in [-0.25, -0.2) is 4.79 Å². The van der Waals surface area contributed by atoms with Crippen LogP contribution in [0.2, 0.25) is 0 Å². The van der Waals surface area contributed by atoms with E-state index in [0.717, 1.165) is 5.56 Å². The first-order chi connectivity index (χ1) is 6.97. The summed E-state index contributed by atoms with van der Waals surface area (Å²) in [5.41, 5.74) is 0.449. The third-order valence-corrected chi connectivity index (χ3v) is 2.16. The average molecular weight is 205 g/mol. The van der Waals surface area contributed by atoms with Gasteiger partial charge in [0.1, 0.15) is 0 Å². The van der Waals surface area contributed by atoms with Crippen LogP contribution in [-0.2, 0) is 9.53 Å². The molecule has 0 aromatic heterocycles. The Bertz CT molecular complexity index is 363. The Labute approximate surface area is 89.1 Å². The summed E-state index contributed by atoms with van der Waals surface area (Å²) < 4.78 is 4.62. The molecule has 0 aliphatic rings. The maximum atomic E-state index is 11.9. The molecule has 79 valence electrons. The summed E-state index contributed by atoms with van der Waals surface area (Å²) in [4.78, 5) is 22.0. The predicted octanol–water partition coefficient (Wildman–Crippen LogP) is 2.04. The van der Waals surface area contributed by atoms with Gasteiger partial charge in [-0.15, -0.1) is 0 Å². The second kappa shape index (κ2) is 4.26. The van der Waals surface area contributed by atoms with Gasteiger partial charge in [-0.2, -0.15) is 0 Å². The monoisotopic (exact) mass is 205 g/mol. The summed E-state index contributed by atoms with van der Waals surface area (Å²) in [5.74, 6) is -0.231. The molecule has 0 N–H and O–H groups in total. The quantitative estimate of drug-likeness (QED) is 0.706. The minimum atomic E-state index is -1.16. The van der Waals surface area contributed by atoms with Crippen molar-refractivity contribution in [3.63, 3.8) is 0 Å². The number of rotatable bonds is 4. The lowest BCUT2D eigenvalue weighted by Gasteiger charge is -2.20. The van der Waals surface area contributed by atoms with Crippen molar-refractivity contribution in [1.29, 1.82) is 0 Å². The molecule has 0 fully saturated rings. The number of hydrogen-bond acceptors (Lipinski definition) is 3. The van der Waals surface area contributed by atoms with Crippen molar-refractivity contribution in [2.45, 2.75) is 26.4 Å². The Hall–Kier alpha value is -1.64. The molecule has 1 aromatic rings. The molecule has 0 spiro atoms. The molecule has 0 amide bonds. The average Bonchev–Trinajstić information content (AvgIpc) is 2.18. The van der Waals surface area contributed by atoms with E-state index in [2.05, 4.69) is 4.74 Å². The molecular formula is C12H13O3. The molecule has 15 heavy (non-hydrogen) atoms. The van der Waals surface area contributed by atoms with Crippen LogP contribution in [-0.4, -0.2) is 17.9 Å². The number of carbonyl (C=O) groups is 1. The second-order valence-electron chi connectivity index (χ2n) is 3.89. The molecule has 0 heterocycles. The molecule has 0 saturated heterocycles. The Morgan fingerprint density at radius 3 is 2.27 bits per heavy atom. The van der Waals surface area contributed by atoms with Crippen molar-refractivity contribution < 1.29 is 14.3 Å². The van der Waals surface area contributed by atoms with E-state index >= 15 is 0 Å². The molecular weight excluding hydrogens is 192 g/mol. The first kappa shape index (κ1) is 11.4. The SMILES string of the molecule is Cc1ccc(C(=O)C(C)(C)O[C]=O)cc1. The number of Topliss-reactive ketones (excluding diaryl/α,β-unsaturated/α-hetero) is 1. The normalized spacial score (nSPS) is 10.9. The number of aryl methyl sites for hydroxylation is 1. The fourth-order valence-electron chi connectivity index (χ4n) is 1.20. The highest BCUT2D eigenvalue weighted by Crippen LogP contribution is 2.16. The molecule has 0 saturated carbocycles. The van der Waals surface area contributed by atoms with Crippen molar-refractivity contribution in [2.24, 2.45) is 0 Å². The first-order valence-electron chi connectivity index (χ1n) is 4.64. The minimum absolute atomic E-state index is 0.231. The zero-order chi connectivity index (χ0) is 11.5. The maximum Gasteiger partial charge on any atom is 0.418 e. The lowest BCUT2D eigenvalue weighted by Crippen LogP contribution is -2.34. The van der Waals surface area contributed by atoms with E-state index in [0.29, 0.717) is 5.56 Å². The number of carbonyl (C=O) groups excluding carboxylic acids is 2. The third-order valence-electron chi connectivity index (χ3n) is 2.16. The second-order valence-corrected chi connectivity index (χ2v) is 3.89. The van der Waals surface area contributed by atoms with Crippen molar-refractivity contribution in [1.82, 2.24) is 0 Å². The van der Waals surface area contributed by atoms with E-state index < -0.39 is 5.60 Å².